The summed E-state index contributed by atoms with van der Waals surface area (Å²) in [6, 6.07) is 9.86. The normalized spacial score (nSPS) is 20.0. The van der Waals surface area contributed by atoms with Crippen LogP contribution in [0.3, 0.4) is 0 Å². The van der Waals surface area contributed by atoms with Crippen molar-refractivity contribution in [2.24, 2.45) is 5.92 Å². The van der Waals surface area contributed by atoms with E-state index in [-0.39, 0.29) is 18.2 Å². The number of hydrogen-bond acceptors (Lipinski definition) is 4. The molecule has 0 radical (unpaired) electrons. The number of ketones is 1. The number of carbonyl (C=O) groups excluding carboxylic acids is 3. The number of likely N-dealkylation sites (tertiary alicyclic amines) is 1. The zero-order valence-electron chi connectivity index (χ0n) is 20.2. The predicted octanol–water partition coefficient (Wildman–Crippen LogP) is 3.97. The minimum Gasteiger partial charge on any atom is -0.368 e. The SMILES string of the molecule is CCCN1Cc2c(F)cccc2C(C(=O)N[C@H](c2cccc(F)c2)C2CC2=O)=C1CN1CCCC1=O. The Balaban J connectivity index is 1.58. The molecule has 2 aromatic carbocycles. The molecular weight excluding hydrogens is 464 g/mol. The smallest absolute Gasteiger partial charge is 0.254 e. The van der Waals surface area contributed by atoms with Gasteiger partial charge in [0, 0.05) is 49.7 Å². The van der Waals surface area contributed by atoms with Crippen LogP contribution in [-0.2, 0) is 20.9 Å². The maximum atomic E-state index is 14.9. The van der Waals surface area contributed by atoms with E-state index in [2.05, 4.69) is 5.32 Å². The maximum absolute atomic E-state index is 14.9. The molecule has 2 fully saturated rings. The van der Waals surface area contributed by atoms with Gasteiger partial charge in [-0.3, -0.25) is 14.4 Å². The third-order valence-electron chi connectivity index (χ3n) is 7.21. The van der Waals surface area contributed by atoms with Crippen LogP contribution in [0.5, 0.6) is 0 Å². The molecule has 2 amide bonds. The van der Waals surface area contributed by atoms with E-state index in [1.807, 2.05) is 11.8 Å². The first kappa shape index (κ1) is 24.2. The van der Waals surface area contributed by atoms with Crippen molar-refractivity contribution in [3.05, 3.63) is 76.5 Å². The minimum absolute atomic E-state index is 0.00382. The number of halogens is 2. The third kappa shape index (κ3) is 4.64. The Bertz CT molecular complexity index is 1260. The fourth-order valence-electron chi connectivity index (χ4n) is 5.31. The standard InChI is InChI=1S/C28H29F2N3O3/c1-2-11-32-15-21-19(8-4-9-22(21)30)26(23(32)16-33-12-5-10-25(33)35)28(36)31-27(20-14-24(20)34)17-6-3-7-18(29)13-17/h3-4,6-9,13,20,27H,2,5,10-12,14-16H2,1H3,(H,31,36)/t20?,27-/m1/s1. The van der Waals surface area contributed by atoms with Crippen molar-refractivity contribution >= 4 is 23.2 Å². The monoisotopic (exact) mass is 493 g/mol. The summed E-state index contributed by atoms with van der Waals surface area (Å²) in [4.78, 5) is 42.3. The molecule has 36 heavy (non-hydrogen) atoms. The van der Waals surface area contributed by atoms with Gasteiger partial charge in [0.2, 0.25) is 5.91 Å². The van der Waals surface area contributed by atoms with E-state index in [4.69, 9.17) is 0 Å². The fraction of sp³-hybridized carbons (Fsp3) is 0.393. The highest BCUT2D eigenvalue weighted by atomic mass is 19.1. The Hall–Kier alpha value is -3.55. The van der Waals surface area contributed by atoms with Gasteiger partial charge in [0.15, 0.2) is 0 Å². The molecule has 8 heteroatoms. The second-order valence-electron chi connectivity index (χ2n) is 9.71. The lowest BCUT2D eigenvalue weighted by Crippen LogP contribution is -2.41. The van der Waals surface area contributed by atoms with Gasteiger partial charge in [-0.2, -0.15) is 0 Å². The molecule has 1 unspecified atom stereocenters. The maximum Gasteiger partial charge on any atom is 0.254 e. The average Bonchev–Trinajstić information content (AvgIpc) is 3.44. The highest BCUT2D eigenvalue weighted by Gasteiger charge is 2.44. The Morgan fingerprint density at radius 1 is 1.14 bits per heavy atom. The van der Waals surface area contributed by atoms with Crippen molar-refractivity contribution in [2.45, 2.75) is 45.2 Å². The van der Waals surface area contributed by atoms with E-state index in [1.54, 1.807) is 29.2 Å². The van der Waals surface area contributed by atoms with Crippen molar-refractivity contribution in [3.63, 3.8) is 0 Å². The van der Waals surface area contributed by atoms with Crippen LogP contribution in [0.4, 0.5) is 8.78 Å². The van der Waals surface area contributed by atoms with Crippen molar-refractivity contribution in [1.82, 2.24) is 15.1 Å². The quantitative estimate of drug-likeness (QED) is 0.604. The molecule has 5 rings (SSSR count). The first-order valence-electron chi connectivity index (χ1n) is 12.5. The largest absolute Gasteiger partial charge is 0.368 e. The Kier molecular flexibility index (Phi) is 6.60. The van der Waals surface area contributed by atoms with Crippen LogP contribution in [0.15, 0.2) is 48.2 Å². The van der Waals surface area contributed by atoms with Gasteiger partial charge in [-0.1, -0.05) is 31.2 Å². The molecule has 2 aliphatic heterocycles. The van der Waals surface area contributed by atoms with Crippen molar-refractivity contribution in [2.75, 3.05) is 19.6 Å². The second kappa shape index (κ2) is 9.84. The van der Waals surface area contributed by atoms with E-state index in [1.165, 1.54) is 18.2 Å². The summed E-state index contributed by atoms with van der Waals surface area (Å²) < 4.78 is 29.0. The molecule has 0 spiro atoms. The van der Waals surface area contributed by atoms with E-state index in [0.29, 0.717) is 60.4 Å². The molecule has 2 aromatic rings. The topological polar surface area (TPSA) is 69.7 Å². The number of rotatable bonds is 8. The number of nitrogens with zero attached hydrogens (tertiary/aromatic N) is 2. The third-order valence-corrected chi connectivity index (χ3v) is 7.21. The molecule has 6 nitrogen and oxygen atoms in total. The lowest BCUT2D eigenvalue weighted by Gasteiger charge is -2.37. The van der Waals surface area contributed by atoms with E-state index in [0.717, 1.165) is 12.8 Å². The summed E-state index contributed by atoms with van der Waals surface area (Å²) in [6.07, 6.45) is 2.32. The fourth-order valence-corrected chi connectivity index (χ4v) is 5.31. The van der Waals surface area contributed by atoms with Crippen molar-refractivity contribution in [1.29, 1.82) is 0 Å². The average molecular weight is 494 g/mol. The molecule has 0 aromatic heterocycles. The first-order chi connectivity index (χ1) is 17.4. The summed E-state index contributed by atoms with van der Waals surface area (Å²) in [6.45, 7) is 3.77. The van der Waals surface area contributed by atoms with Crippen LogP contribution in [0, 0.1) is 17.6 Å². The van der Waals surface area contributed by atoms with E-state index >= 15 is 0 Å². The number of hydrogen-bond donors (Lipinski definition) is 1. The summed E-state index contributed by atoms with van der Waals surface area (Å²) in [5.74, 6) is -1.70. The zero-order chi connectivity index (χ0) is 25.4. The molecule has 188 valence electrons. The number of amides is 2. The van der Waals surface area contributed by atoms with Crippen LogP contribution < -0.4 is 5.32 Å². The minimum atomic E-state index is -0.693. The van der Waals surface area contributed by atoms with Gasteiger partial charge >= 0.3 is 0 Å². The van der Waals surface area contributed by atoms with Gasteiger partial charge in [-0.15, -0.1) is 0 Å². The molecular formula is C28H29F2N3O3. The first-order valence-corrected chi connectivity index (χ1v) is 12.5. The molecule has 2 atom stereocenters. The van der Waals surface area contributed by atoms with Gasteiger partial charge in [0.05, 0.1) is 18.2 Å². The van der Waals surface area contributed by atoms with Crippen molar-refractivity contribution in [3.8, 4) is 0 Å². The Morgan fingerprint density at radius 3 is 2.58 bits per heavy atom. The molecule has 1 aliphatic carbocycles. The summed E-state index contributed by atoms with van der Waals surface area (Å²) in [5.41, 5.74) is 2.40. The predicted molar refractivity (Wildman–Crippen MR) is 130 cm³/mol. The summed E-state index contributed by atoms with van der Waals surface area (Å²) >= 11 is 0. The van der Waals surface area contributed by atoms with Crippen molar-refractivity contribution < 1.29 is 23.2 Å². The zero-order valence-corrected chi connectivity index (χ0v) is 20.2. The number of benzene rings is 2. The van der Waals surface area contributed by atoms with Gasteiger partial charge in [-0.05, 0) is 42.2 Å². The number of carbonyl (C=O) groups is 3. The van der Waals surface area contributed by atoms with Crippen LogP contribution in [0.2, 0.25) is 0 Å². The van der Waals surface area contributed by atoms with Gasteiger partial charge in [0.25, 0.3) is 5.91 Å². The summed E-state index contributed by atoms with van der Waals surface area (Å²) in [5, 5.41) is 2.97. The van der Waals surface area contributed by atoms with Gasteiger partial charge in [0.1, 0.15) is 17.4 Å². The molecule has 0 bridgehead atoms. The molecule has 3 aliphatic rings. The Labute approximate surface area is 209 Å². The molecule has 1 saturated carbocycles. The number of fused-ring (bicyclic) bond motifs is 1. The van der Waals surface area contributed by atoms with E-state index in [9.17, 15) is 23.2 Å². The lowest BCUT2D eigenvalue weighted by atomic mass is 9.91. The van der Waals surface area contributed by atoms with Crippen LogP contribution in [-0.4, -0.2) is 47.0 Å². The highest BCUT2D eigenvalue weighted by Crippen LogP contribution is 2.40. The highest BCUT2D eigenvalue weighted by molar-refractivity contribution is 6.21. The van der Waals surface area contributed by atoms with Gasteiger partial charge < -0.3 is 15.1 Å². The Morgan fingerprint density at radius 2 is 1.92 bits per heavy atom. The molecule has 1 saturated heterocycles. The van der Waals surface area contributed by atoms with Gasteiger partial charge in [-0.25, -0.2) is 8.78 Å². The summed E-state index contributed by atoms with van der Waals surface area (Å²) in [7, 11) is 0. The second-order valence-corrected chi connectivity index (χ2v) is 9.71. The van der Waals surface area contributed by atoms with Crippen LogP contribution in [0.25, 0.3) is 5.57 Å². The molecule has 2 heterocycles. The molecule has 1 N–H and O–H groups in total. The van der Waals surface area contributed by atoms with E-state index < -0.39 is 29.5 Å². The number of Topliss-reactive ketones (excluding diaryl/α,β-unsaturated/α-hetero) is 1. The lowest BCUT2D eigenvalue weighted by molar-refractivity contribution is -0.127. The number of nitrogens with one attached hydrogen (secondary N) is 1. The van der Waals surface area contributed by atoms with Crippen LogP contribution >= 0.6 is 0 Å². The van der Waals surface area contributed by atoms with Crippen LogP contribution in [0.1, 0.15) is 55.3 Å².